The van der Waals surface area contributed by atoms with Gasteiger partial charge in [-0.05, 0) is 93.7 Å². The first kappa shape index (κ1) is 32.5. The molecule has 6 heteroatoms. The molecule has 37 heavy (non-hydrogen) atoms. The van der Waals surface area contributed by atoms with E-state index in [-0.39, 0.29) is 18.2 Å². The maximum Gasteiger partial charge on any atom is 0.187 e. The fourth-order valence-electron chi connectivity index (χ4n) is 3.93. The van der Waals surface area contributed by atoms with Gasteiger partial charge in [0, 0.05) is 29.6 Å². The Labute approximate surface area is 231 Å². The van der Waals surface area contributed by atoms with Gasteiger partial charge in [-0.2, -0.15) is 0 Å². The molecule has 0 aromatic heterocycles. The molecule has 0 saturated heterocycles. The van der Waals surface area contributed by atoms with E-state index >= 15 is 0 Å². The molecule has 0 unspecified atom stereocenters. The molecule has 2 aromatic rings. The van der Waals surface area contributed by atoms with Crippen molar-refractivity contribution in [2.45, 2.75) is 72.1 Å². The van der Waals surface area contributed by atoms with Crippen LogP contribution >= 0.6 is 12.4 Å². The molecule has 0 heterocycles. The number of halogens is 1. The largest absolute Gasteiger partial charge is 0.497 e. The average molecular weight is 531 g/mol. The van der Waals surface area contributed by atoms with E-state index in [0.717, 1.165) is 55.1 Å². The van der Waals surface area contributed by atoms with E-state index in [0.29, 0.717) is 12.2 Å². The van der Waals surface area contributed by atoms with Crippen LogP contribution in [-0.4, -0.2) is 44.0 Å². The standard InChI is InChI=1S/C31H46N2O3.ClH/c1-5-8-12-28(32-27-15-19-29(35-4)20-16-27)25-31(34)26-13-17-30(18-14-26)36-24-11-23-33(21-9-6-2)22-10-7-3;/h13-20,25,32H,5-12,21-24H2,1-4H3;1H/b28-25+;. The van der Waals surface area contributed by atoms with Crippen molar-refractivity contribution in [1.82, 2.24) is 4.90 Å². The summed E-state index contributed by atoms with van der Waals surface area (Å²) in [5.41, 5.74) is 2.53. The van der Waals surface area contributed by atoms with Gasteiger partial charge in [0.25, 0.3) is 0 Å². The van der Waals surface area contributed by atoms with Crippen molar-refractivity contribution in [2.24, 2.45) is 0 Å². The lowest BCUT2D eigenvalue weighted by atomic mass is 10.1. The summed E-state index contributed by atoms with van der Waals surface area (Å²) in [5, 5.41) is 3.40. The Morgan fingerprint density at radius 3 is 1.95 bits per heavy atom. The highest BCUT2D eigenvalue weighted by Crippen LogP contribution is 2.20. The highest BCUT2D eigenvalue weighted by atomic mass is 35.5. The van der Waals surface area contributed by atoms with Crippen LogP contribution in [0.25, 0.3) is 0 Å². The number of hydrogen-bond donors (Lipinski definition) is 1. The van der Waals surface area contributed by atoms with Crippen molar-refractivity contribution in [3.05, 3.63) is 65.9 Å². The quantitative estimate of drug-likeness (QED) is 0.113. The van der Waals surface area contributed by atoms with Crippen molar-refractivity contribution in [1.29, 1.82) is 0 Å². The van der Waals surface area contributed by atoms with Crippen LogP contribution in [0.1, 0.15) is 82.5 Å². The van der Waals surface area contributed by atoms with Gasteiger partial charge in [0.15, 0.2) is 5.78 Å². The van der Waals surface area contributed by atoms with Gasteiger partial charge in [0.1, 0.15) is 11.5 Å². The number of nitrogens with one attached hydrogen (secondary N) is 1. The number of carbonyl (C=O) groups is 1. The van der Waals surface area contributed by atoms with Crippen molar-refractivity contribution < 1.29 is 14.3 Å². The first-order chi connectivity index (χ1) is 17.6. The highest BCUT2D eigenvalue weighted by Gasteiger charge is 2.08. The number of hydrogen-bond acceptors (Lipinski definition) is 5. The summed E-state index contributed by atoms with van der Waals surface area (Å²) in [6.07, 6.45) is 10.6. The van der Waals surface area contributed by atoms with Crippen LogP contribution in [0.4, 0.5) is 5.69 Å². The predicted molar refractivity (Wildman–Crippen MR) is 159 cm³/mol. The highest BCUT2D eigenvalue weighted by molar-refractivity contribution is 6.05. The predicted octanol–water partition coefficient (Wildman–Crippen LogP) is 8.16. The summed E-state index contributed by atoms with van der Waals surface area (Å²) in [7, 11) is 1.65. The van der Waals surface area contributed by atoms with Crippen LogP contribution in [0.2, 0.25) is 0 Å². The lowest BCUT2D eigenvalue weighted by molar-refractivity contribution is 0.104. The number of nitrogens with zero attached hydrogens (tertiary/aromatic N) is 1. The van der Waals surface area contributed by atoms with Crippen LogP contribution in [0.15, 0.2) is 60.3 Å². The number of methoxy groups -OCH3 is 1. The minimum absolute atomic E-state index is 0. The smallest absolute Gasteiger partial charge is 0.187 e. The number of ketones is 1. The minimum atomic E-state index is -0.00356. The second kappa shape index (κ2) is 19.6. The number of anilines is 1. The maximum absolute atomic E-state index is 12.9. The van der Waals surface area contributed by atoms with Gasteiger partial charge >= 0.3 is 0 Å². The molecule has 206 valence electrons. The number of rotatable bonds is 19. The lowest BCUT2D eigenvalue weighted by Crippen LogP contribution is -2.28. The van der Waals surface area contributed by atoms with Gasteiger partial charge in [-0.25, -0.2) is 0 Å². The van der Waals surface area contributed by atoms with Gasteiger partial charge < -0.3 is 19.7 Å². The first-order valence-corrected chi connectivity index (χ1v) is 13.7. The summed E-state index contributed by atoms with van der Waals surface area (Å²) in [5.74, 6) is 1.62. The maximum atomic E-state index is 12.9. The zero-order chi connectivity index (χ0) is 26.0. The number of unbranched alkanes of at least 4 members (excludes halogenated alkanes) is 3. The Balaban J connectivity index is 0.00000684. The third-order valence-corrected chi connectivity index (χ3v) is 6.18. The van der Waals surface area contributed by atoms with Gasteiger partial charge in [-0.1, -0.05) is 40.0 Å². The van der Waals surface area contributed by atoms with Gasteiger partial charge in [-0.3, -0.25) is 4.79 Å². The summed E-state index contributed by atoms with van der Waals surface area (Å²) in [6, 6.07) is 15.2. The zero-order valence-electron chi connectivity index (χ0n) is 23.3. The summed E-state index contributed by atoms with van der Waals surface area (Å²) < 4.78 is 11.2. The SMILES string of the molecule is CCCC/C(=C\C(=O)c1ccc(OCCCN(CCCC)CCCC)cc1)Nc1ccc(OC)cc1.Cl. The molecule has 0 bridgehead atoms. The molecule has 0 fully saturated rings. The molecule has 0 aliphatic rings. The molecule has 0 spiro atoms. The van der Waals surface area contributed by atoms with Gasteiger partial charge in [0.05, 0.1) is 13.7 Å². The van der Waals surface area contributed by atoms with E-state index in [9.17, 15) is 4.79 Å². The first-order valence-electron chi connectivity index (χ1n) is 13.7. The summed E-state index contributed by atoms with van der Waals surface area (Å²) in [4.78, 5) is 15.5. The molecule has 1 N–H and O–H groups in total. The Kier molecular flexibility index (Phi) is 17.2. The fourth-order valence-corrected chi connectivity index (χ4v) is 3.93. The number of carbonyl (C=O) groups excluding carboxylic acids is 1. The molecule has 0 amide bonds. The number of allylic oxidation sites excluding steroid dienone is 2. The second-order valence-corrected chi connectivity index (χ2v) is 9.27. The van der Waals surface area contributed by atoms with E-state index < -0.39 is 0 Å². The normalized spacial score (nSPS) is 11.2. The fraction of sp³-hybridized carbons (Fsp3) is 0.516. The lowest BCUT2D eigenvalue weighted by Gasteiger charge is -2.21. The Morgan fingerprint density at radius 1 is 0.811 bits per heavy atom. The monoisotopic (exact) mass is 530 g/mol. The van der Waals surface area contributed by atoms with E-state index in [4.69, 9.17) is 9.47 Å². The van der Waals surface area contributed by atoms with Gasteiger partial charge in [0.2, 0.25) is 0 Å². The van der Waals surface area contributed by atoms with Crippen molar-refractivity contribution in [3.63, 3.8) is 0 Å². The second-order valence-electron chi connectivity index (χ2n) is 9.27. The third-order valence-electron chi connectivity index (χ3n) is 6.18. The molecule has 2 rings (SSSR count). The molecule has 0 aliphatic heterocycles. The number of ether oxygens (including phenoxy) is 2. The van der Waals surface area contributed by atoms with Crippen molar-refractivity contribution in [2.75, 3.05) is 38.7 Å². The van der Waals surface area contributed by atoms with Crippen molar-refractivity contribution >= 4 is 23.9 Å². The Hall–Kier alpha value is -2.50. The molecule has 0 saturated carbocycles. The van der Waals surface area contributed by atoms with Crippen LogP contribution < -0.4 is 14.8 Å². The Morgan fingerprint density at radius 2 is 1.38 bits per heavy atom. The molecular weight excluding hydrogens is 484 g/mol. The van der Waals surface area contributed by atoms with Crippen molar-refractivity contribution in [3.8, 4) is 11.5 Å². The molecule has 2 aromatic carbocycles. The van der Waals surface area contributed by atoms with E-state index in [1.807, 2.05) is 48.5 Å². The van der Waals surface area contributed by atoms with E-state index in [2.05, 4.69) is 31.0 Å². The molecule has 0 atom stereocenters. The minimum Gasteiger partial charge on any atom is -0.497 e. The van der Waals surface area contributed by atoms with Crippen LogP contribution in [0, 0.1) is 0 Å². The zero-order valence-corrected chi connectivity index (χ0v) is 24.1. The van der Waals surface area contributed by atoms with E-state index in [1.54, 1.807) is 13.2 Å². The molecule has 5 nitrogen and oxygen atoms in total. The van der Waals surface area contributed by atoms with Gasteiger partial charge in [-0.15, -0.1) is 12.4 Å². The molecule has 0 radical (unpaired) electrons. The number of benzene rings is 2. The summed E-state index contributed by atoms with van der Waals surface area (Å²) >= 11 is 0. The van der Waals surface area contributed by atoms with Crippen LogP contribution in [0.3, 0.4) is 0 Å². The third kappa shape index (κ3) is 13.0. The van der Waals surface area contributed by atoms with Crippen LogP contribution in [0.5, 0.6) is 11.5 Å². The van der Waals surface area contributed by atoms with E-state index in [1.165, 1.54) is 38.8 Å². The topological polar surface area (TPSA) is 50.8 Å². The Bertz CT molecular complexity index is 890. The molecular formula is C31H47ClN2O3. The van der Waals surface area contributed by atoms with Crippen LogP contribution in [-0.2, 0) is 0 Å². The summed E-state index contributed by atoms with van der Waals surface area (Å²) in [6.45, 7) is 10.8. The average Bonchev–Trinajstić information content (AvgIpc) is 2.91. The molecule has 0 aliphatic carbocycles.